The van der Waals surface area contributed by atoms with Gasteiger partial charge in [0.2, 0.25) is 0 Å². The Morgan fingerprint density at radius 3 is 2.21 bits per heavy atom. The summed E-state index contributed by atoms with van der Waals surface area (Å²) >= 11 is 5.89. The maximum absolute atomic E-state index is 12.9. The highest BCUT2D eigenvalue weighted by molar-refractivity contribution is 6.30. The van der Waals surface area contributed by atoms with Gasteiger partial charge in [0.1, 0.15) is 6.61 Å². The van der Waals surface area contributed by atoms with Crippen LogP contribution >= 0.6 is 11.6 Å². The van der Waals surface area contributed by atoms with Crippen molar-refractivity contribution in [1.82, 2.24) is 4.57 Å². The van der Waals surface area contributed by atoms with E-state index in [1.54, 1.807) is 54.7 Å². The fourth-order valence-corrected chi connectivity index (χ4v) is 3.17. The molecule has 0 radical (unpaired) electrons. The molecule has 0 aliphatic heterocycles. The monoisotopic (exact) mass is 389 g/mol. The predicted octanol–water partition coefficient (Wildman–Crippen LogP) is 5.00. The number of hydrogen-bond donors (Lipinski definition) is 0. The second-order valence-corrected chi connectivity index (χ2v) is 6.74. The van der Waals surface area contributed by atoms with Crippen LogP contribution in [0.1, 0.15) is 15.9 Å². The molecule has 0 amide bonds. The summed E-state index contributed by atoms with van der Waals surface area (Å²) in [4.78, 5) is 25.7. The maximum Gasteiger partial charge on any atom is 0.340 e. The van der Waals surface area contributed by atoms with Crippen molar-refractivity contribution in [1.29, 1.82) is 0 Å². The van der Waals surface area contributed by atoms with Gasteiger partial charge in [-0.15, -0.1) is 0 Å². The van der Waals surface area contributed by atoms with Gasteiger partial charge in [0.05, 0.1) is 5.56 Å². The number of rotatable bonds is 4. The Morgan fingerprint density at radius 2 is 1.50 bits per heavy atom. The second-order valence-electron chi connectivity index (χ2n) is 6.30. The molecule has 4 rings (SSSR count). The Hall–Kier alpha value is -3.37. The summed E-state index contributed by atoms with van der Waals surface area (Å²) in [5.41, 5.74) is 1.67. The first kappa shape index (κ1) is 18.0. The number of nitrogens with zero attached hydrogens (tertiary/aromatic N) is 1. The highest BCUT2D eigenvalue weighted by Gasteiger charge is 2.16. The van der Waals surface area contributed by atoms with E-state index < -0.39 is 5.97 Å². The van der Waals surface area contributed by atoms with Crippen LogP contribution in [-0.4, -0.2) is 10.5 Å². The normalized spacial score (nSPS) is 10.8. The topological polar surface area (TPSA) is 48.3 Å². The van der Waals surface area contributed by atoms with E-state index in [-0.39, 0.29) is 12.2 Å². The average molecular weight is 390 g/mol. The van der Waals surface area contributed by atoms with Gasteiger partial charge in [-0.2, -0.15) is 0 Å². The molecule has 0 bridgehead atoms. The van der Waals surface area contributed by atoms with Crippen molar-refractivity contribution >= 4 is 28.3 Å². The first-order valence-corrected chi connectivity index (χ1v) is 9.13. The van der Waals surface area contributed by atoms with Crippen LogP contribution in [0.4, 0.5) is 0 Å². The fourth-order valence-electron chi connectivity index (χ4n) is 3.04. The average Bonchev–Trinajstić information content (AvgIpc) is 2.74. The third kappa shape index (κ3) is 3.55. The van der Waals surface area contributed by atoms with E-state index in [4.69, 9.17) is 16.3 Å². The molecule has 138 valence electrons. The number of benzene rings is 3. The molecule has 0 saturated heterocycles. The van der Waals surface area contributed by atoms with Crippen LogP contribution in [0, 0.1) is 0 Å². The maximum atomic E-state index is 12.9. The Kier molecular flexibility index (Phi) is 4.96. The molecule has 4 aromatic rings. The van der Waals surface area contributed by atoms with Crippen LogP contribution in [0.15, 0.2) is 89.9 Å². The van der Waals surface area contributed by atoms with E-state index in [0.717, 1.165) is 5.56 Å². The minimum absolute atomic E-state index is 0.120. The van der Waals surface area contributed by atoms with Gasteiger partial charge in [0, 0.05) is 27.7 Å². The van der Waals surface area contributed by atoms with Crippen LogP contribution in [0.2, 0.25) is 5.02 Å². The Morgan fingerprint density at radius 1 is 0.857 bits per heavy atom. The number of para-hydroxylation sites is 1. The quantitative estimate of drug-likeness (QED) is 0.461. The van der Waals surface area contributed by atoms with Crippen molar-refractivity contribution in [2.45, 2.75) is 6.61 Å². The van der Waals surface area contributed by atoms with Crippen molar-refractivity contribution in [3.63, 3.8) is 0 Å². The fraction of sp³-hybridized carbons (Fsp3) is 0.0435. The van der Waals surface area contributed by atoms with Crippen molar-refractivity contribution in [2.75, 3.05) is 0 Å². The van der Waals surface area contributed by atoms with Gasteiger partial charge in [-0.05, 0) is 35.9 Å². The first-order chi connectivity index (χ1) is 13.6. The summed E-state index contributed by atoms with van der Waals surface area (Å²) in [5, 5.41) is 1.66. The van der Waals surface area contributed by atoms with Crippen molar-refractivity contribution < 1.29 is 9.53 Å². The number of hydrogen-bond acceptors (Lipinski definition) is 3. The summed E-state index contributed by atoms with van der Waals surface area (Å²) < 4.78 is 6.97. The number of esters is 1. The Bertz CT molecular complexity index is 1200. The van der Waals surface area contributed by atoms with Crippen molar-refractivity contribution in [3.05, 3.63) is 112 Å². The van der Waals surface area contributed by atoms with Gasteiger partial charge in [-0.1, -0.05) is 60.1 Å². The molecule has 0 atom stereocenters. The molecule has 0 aliphatic rings. The zero-order valence-electron chi connectivity index (χ0n) is 14.8. The molecular weight excluding hydrogens is 374 g/mol. The van der Waals surface area contributed by atoms with Gasteiger partial charge in [-0.25, -0.2) is 4.79 Å². The predicted molar refractivity (Wildman–Crippen MR) is 110 cm³/mol. The summed E-state index contributed by atoms with van der Waals surface area (Å²) in [6, 6.07) is 23.3. The molecule has 4 nitrogen and oxygen atoms in total. The lowest BCUT2D eigenvalue weighted by Gasteiger charge is -2.12. The number of carbonyl (C=O) groups excluding carboxylic acids is 1. The SMILES string of the molecule is O=C(OCc1ccc(Cl)cc1)c1cn(-c2ccccc2)c(=O)c2ccccc12. The molecule has 0 N–H and O–H groups in total. The number of pyridine rings is 1. The van der Waals surface area contributed by atoms with Crippen molar-refractivity contribution in [2.24, 2.45) is 0 Å². The van der Waals surface area contributed by atoms with E-state index in [1.165, 1.54) is 4.57 Å². The summed E-state index contributed by atoms with van der Waals surface area (Å²) in [5.74, 6) is -0.490. The van der Waals surface area contributed by atoms with E-state index in [9.17, 15) is 9.59 Å². The lowest BCUT2D eigenvalue weighted by Crippen LogP contribution is -2.21. The van der Waals surface area contributed by atoms with Gasteiger partial charge in [0.25, 0.3) is 5.56 Å². The van der Waals surface area contributed by atoms with Gasteiger partial charge < -0.3 is 4.74 Å². The number of ether oxygens (including phenoxy) is 1. The molecule has 0 saturated carbocycles. The molecule has 0 aliphatic carbocycles. The summed E-state index contributed by atoms with van der Waals surface area (Å²) in [6.45, 7) is 0.120. The van der Waals surface area contributed by atoms with Gasteiger partial charge in [-0.3, -0.25) is 9.36 Å². The lowest BCUT2D eigenvalue weighted by atomic mass is 10.1. The zero-order chi connectivity index (χ0) is 19.5. The molecule has 0 spiro atoms. The van der Waals surface area contributed by atoms with E-state index in [1.807, 2.05) is 30.3 Å². The molecule has 1 aromatic heterocycles. The highest BCUT2D eigenvalue weighted by atomic mass is 35.5. The Balaban J connectivity index is 1.75. The highest BCUT2D eigenvalue weighted by Crippen LogP contribution is 2.19. The zero-order valence-corrected chi connectivity index (χ0v) is 15.6. The van der Waals surface area contributed by atoms with E-state index in [0.29, 0.717) is 27.0 Å². The number of aromatic nitrogens is 1. The molecule has 0 unspecified atom stereocenters. The second kappa shape index (κ2) is 7.71. The van der Waals surface area contributed by atoms with E-state index in [2.05, 4.69) is 0 Å². The first-order valence-electron chi connectivity index (χ1n) is 8.75. The minimum Gasteiger partial charge on any atom is -0.457 e. The molecule has 5 heteroatoms. The smallest absolute Gasteiger partial charge is 0.340 e. The third-order valence-electron chi connectivity index (χ3n) is 4.46. The Labute approximate surface area is 166 Å². The summed E-state index contributed by atoms with van der Waals surface area (Å²) in [6.07, 6.45) is 1.55. The van der Waals surface area contributed by atoms with Crippen LogP contribution in [0.5, 0.6) is 0 Å². The van der Waals surface area contributed by atoms with Crippen molar-refractivity contribution in [3.8, 4) is 5.69 Å². The van der Waals surface area contributed by atoms with Crippen LogP contribution in [-0.2, 0) is 11.3 Å². The standard InChI is InChI=1S/C23H16ClNO3/c24-17-12-10-16(11-13-17)15-28-23(27)21-14-25(18-6-2-1-3-7-18)22(26)20-9-5-4-8-19(20)21/h1-14H,15H2. The molecular formula is C23H16ClNO3. The lowest BCUT2D eigenvalue weighted by molar-refractivity contribution is 0.0474. The minimum atomic E-state index is -0.490. The largest absolute Gasteiger partial charge is 0.457 e. The molecule has 28 heavy (non-hydrogen) atoms. The summed E-state index contributed by atoms with van der Waals surface area (Å²) in [7, 11) is 0. The van der Waals surface area contributed by atoms with E-state index >= 15 is 0 Å². The number of halogens is 1. The molecule has 1 heterocycles. The van der Waals surface area contributed by atoms with Gasteiger partial charge in [0.15, 0.2) is 0 Å². The van der Waals surface area contributed by atoms with Gasteiger partial charge >= 0.3 is 5.97 Å². The number of carbonyl (C=O) groups is 1. The van der Waals surface area contributed by atoms with Crippen LogP contribution in [0.3, 0.4) is 0 Å². The number of fused-ring (bicyclic) bond motifs is 1. The molecule has 0 fully saturated rings. The third-order valence-corrected chi connectivity index (χ3v) is 4.71. The molecule has 3 aromatic carbocycles. The van der Waals surface area contributed by atoms with Crippen LogP contribution < -0.4 is 5.56 Å². The van der Waals surface area contributed by atoms with Crippen LogP contribution in [0.25, 0.3) is 16.5 Å².